The lowest BCUT2D eigenvalue weighted by Gasteiger charge is -2.11. The number of carbonyl (C=O) groups is 1. The second-order valence-corrected chi connectivity index (χ2v) is 6.08. The third kappa shape index (κ3) is 4.21. The van der Waals surface area contributed by atoms with Crippen LogP contribution in [0.3, 0.4) is 0 Å². The number of nitrogens with one attached hydrogen (secondary N) is 1. The predicted molar refractivity (Wildman–Crippen MR) is 86.3 cm³/mol. The number of nitrogens with zero attached hydrogens (tertiary/aromatic N) is 4. The van der Waals surface area contributed by atoms with E-state index in [1.807, 2.05) is 17.7 Å². The van der Waals surface area contributed by atoms with Gasteiger partial charge in [0.15, 0.2) is 5.69 Å². The summed E-state index contributed by atoms with van der Waals surface area (Å²) in [6.07, 6.45) is 6.39. The highest BCUT2D eigenvalue weighted by Crippen LogP contribution is 2.13. The zero-order valence-corrected chi connectivity index (χ0v) is 13.8. The van der Waals surface area contributed by atoms with E-state index in [0.29, 0.717) is 31.2 Å². The number of hydrogen-bond acceptors (Lipinski definition) is 6. The van der Waals surface area contributed by atoms with Crippen LogP contribution in [0.15, 0.2) is 23.1 Å². The summed E-state index contributed by atoms with van der Waals surface area (Å²) in [6.45, 7) is 5.29. The minimum atomic E-state index is -0.276. The number of likely N-dealkylation sites (tertiary alicyclic amines) is 1. The van der Waals surface area contributed by atoms with Crippen molar-refractivity contribution in [3.05, 3.63) is 36.1 Å². The quantitative estimate of drug-likeness (QED) is 0.719. The van der Waals surface area contributed by atoms with Gasteiger partial charge in [0.2, 0.25) is 5.89 Å². The SMILES string of the molecule is Cc1nccn1CCCNC(=O)c1coc(CN2CC[C@H](O)C2)n1. The van der Waals surface area contributed by atoms with Crippen LogP contribution in [0.5, 0.6) is 0 Å². The van der Waals surface area contributed by atoms with Crippen molar-refractivity contribution in [3.8, 4) is 0 Å². The molecule has 3 rings (SSSR count). The van der Waals surface area contributed by atoms with Crippen LogP contribution >= 0.6 is 0 Å². The molecule has 0 saturated carbocycles. The second-order valence-electron chi connectivity index (χ2n) is 6.08. The third-order valence-corrected chi connectivity index (χ3v) is 4.18. The molecule has 0 aromatic carbocycles. The summed E-state index contributed by atoms with van der Waals surface area (Å²) in [7, 11) is 0. The number of hydrogen-bond donors (Lipinski definition) is 2. The van der Waals surface area contributed by atoms with Crippen LogP contribution in [0, 0.1) is 6.92 Å². The molecule has 1 aliphatic heterocycles. The highest BCUT2D eigenvalue weighted by atomic mass is 16.3. The van der Waals surface area contributed by atoms with Crippen LogP contribution in [0.1, 0.15) is 35.0 Å². The van der Waals surface area contributed by atoms with E-state index in [-0.39, 0.29) is 12.0 Å². The van der Waals surface area contributed by atoms with Gasteiger partial charge in [-0.05, 0) is 19.8 Å². The van der Waals surface area contributed by atoms with Gasteiger partial charge in [0.25, 0.3) is 5.91 Å². The normalized spacial score (nSPS) is 18.2. The maximum atomic E-state index is 12.1. The van der Waals surface area contributed by atoms with E-state index < -0.39 is 0 Å². The molecule has 1 atom stereocenters. The van der Waals surface area contributed by atoms with Crippen LogP contribution < -0.4 is 5.32 Å². The second kappa shape index (κ2) is 7.59. The molecular weight excluding hydrogens is 310 g/mol. The Morgan fingerprint density at radius 2 is 2.42 bits per heavy atom. The molecule has 3 heterocycles. The number of rotatable bonds is 7. The Balaban J connectivity index is 1.41. The number of aryl methyl sites for hydroxylation is 2. The molecule has 0 bridgehead atoms. The lowest BCUT2D eigenvalue weighted by molar-refractivity contribution is 0.0947. The maximum Gasteiger partial charge on any atom is 0.273 e. The average molecular weight is 333 g/mol. The first-order valence-corrected chi connectivity index (χ1v) is 8.22. The molecule has 1 amide bonds. The number of aliphatic hydroxyl groups excluding tert-OH is 1. The lowest BCUT2D eigenvalue weighted by Crippen LogP contribution is -2.26. The summed E-state index contributed by atoms with van der Waals surface area (Å²) in [5.74, 6) is 1.24. The molecule has 0 spiro atoms. The van der Waals surface area contributed by atoms with Crippen molar-refractivity contribution in [1.29, 1.82) is 0 Å². The molecule has 24 heavy (non-hydrogen) atoms. The van der Waals surface area contributed by atoms with E-state index in [4.69, 9.17) is 4.42 Å². The standard InChI is InChI=1S/C16H23N5O3/c1-12-17-5-8-21(12)6-2-4-18-16(23)14-11-24-15(19-14)10-20-7-3-13(22)9-20/h5,8,11,13,22H,2-4,6-7,9-10H2,1H3,(H,18,23)/t13-/m0/s1. The molecule has 1 fully saturated rings. The molecule has 2 N–H and O–H groups in total. The van der Waals surface area contributed by atoms with Crippen molar-refractivity contribution in [1.82, 2.24) is 24.8 Å². The van der Waals surface area contributed by atoms with Gasteiger partial charge in [-0.15, -0.1) is 0 Å². The van der Waals surface area contributed by atoms with E-state index >= 15 is 0 Å². The highest BCUT2D eigenvalue weighted by molar-refractivity contribution is 5.91. The van der Waals surface area contributed by atoms with Gasteiger partial charge in [-0.2, -0.15) is 0 Å². The number of imidazole rings is 1. The fourth-order valence-corrected chi connectivity index (χ4v) is 2.82. The molecule has 8 heteroatoms. The largest absolute Gasteiger partial charge is 0.447 e. The Hall–Kier alpha value is -2.19. The summed E-state index contributed by atoms with van der Waals surface area (Å²) in [5, 5.41) is 12.4. The summed E-state index contributed by atoms with van der Waals surface area (Å²) in [4.78, 5) is 22.5. The third-order valence-electron chi connectivity index (χ3n) is 4.18. The Morgan fingerprint density at radius 3 is 3.12 bits per heavy atom. The van der Waals surface area contributed by atoms with E-state index in [1.54, 1.807) is 6.20 Å². The minimum Gasteiger partial charge on any atom is -0.447 e. The first-order chi connectivity index (χ1) is 11.6. The topological polar surface area (TPSA) is 96.4 Å². The summed E-state index contributed by atoms with van der Waals surface area (Å²) in [5.41, 5.74) is 0.295. The Labute approximate surface area is 140 Å². The number of aliphatic hydroxyl groups is 1. The number of β-amino-alcohol motifs (C(OH)–C–C–N with tert-alkyl or cyclic N) is 1. The summed E-state index contributed by atoms with van der Waals surface area (Å²) >= 11 is 0. The molecule has 1 saturated heterocycles. The van der Waals surface area contributed by atoms with Crippen LogP contribution in [-0.2, 0) is 13.1 Å². The van der Waals surface area contributed by atoms with E-state index in [9.17, 15) is 9.90 Å². The fourth-order valence-electron chi connectivity index (χ4n) is 2.82. The van der Waals surface area contributed by atoms with Gasteiger partial charge in [0.05, 0.1) is 12.6 Å². The molecule has 2 aromatic heterocycles. The van der Waals surface area contributed by atoms with Crippen LogP contribution in [-0.4, -0.2) is 56.2 Å². The number of aromatic nitrogens is 3. The van der Waals surface area contributed by atoms with Crippen molar-refractivity contribution >= 4 is 5.91 Å². The van der Waals surface area contributed by atoms with Crippen LogP contribution in [0.25, 0.3) is 0 Å². The number of amides is 1. The molecule has 8 nitrogen and oxygen atoms in total. The lowest BCUT2D eigenvalue weighted by atomic mass is 10.3. The predicted octanol–water partition coefficient (Wildman–Crippen LogP) is 0.566. The highest BCUT2D eigenvalue weighted by Gasteiger charge is 2.22. The van der Waals surface area contributed by atoms with Crippen LogP contribution in [0.2, 0.25) is 0 Å². The van der Waals surface area contributed by atoms with Gasteiger partial charge in [0.1, 0.15) is 12.1 Å². The van der Waals surface area contributed by atoms with E-state index in [1.165, 1.54) is 6.26 Å². The molecule has 1 aliphatic rings. The van der Waals surface area contributed by atoms with E-state index in [0.717, 1.165) is 31.8 Å². The molecule has 0 aliphatic carbocycles. The van der Waals surface area contributed by atoms with Crippen molar-refractivity contribution in [2.45, 2.75) is 39.0 Å². The van der Waals surface area contributed by atoms with Crippen LogP contribution in [0.4, 0.5) is 0 Å². The van der Waals surface area contributed by atoms with Crippen molar-refractivity contribution < 1.29 is 14.3 Å². The Kier molecular flexibility index (Phi) is 5.27. The fraction of sp³-hybridized carbons (Fsp3) is 0.562. The van der Waals surface area contributed by atoms with Crippen molar-refractivity contribution in [2.24, 2.45) is 0 Å². The van der Waals surface area contributed by atoms with Gasteiger partial charge in [-0.1, -0.05) is 0 Å². The molecule has 130 valence electrons. The van der Waals surface area contributed by atoms with Crippen molar-refractivity contribution in [3.63, 3.8) is 0 Å². The minimum absolute atomic E-state index is 0.228. The Morgan fingerprint density at radius 1 is 1.54 bits per heavy atom. The molecule has 0 radical (unpaired) electrons. The Bertz CT molecular complexity index is 681. The zero-order valence-electron chi connectivity index (χ0n) is 13.8. The summed E-state index contributed by atoms with van der Waals surface area (Å²) < 4.78 is 7.40. The summed E-state index contributed by atoms with van der Waals surface area (Å²) in [6, 6.07) is 0. The van der Waals surface area contributed by atoms with Gasteiger partial charge < -0.3 is 19.4 Å². The van der Waals surface area contributed by atoms with Gasteiger partial charge in [-0.25, -0.2) is 9.97 Å². The molecular formula is C16H23N5O3. The smallest absolute Gasteiger partial charge is 0.273 e. The van der Waals surface area contributed by atoms with Gasteiger partial charge >= 0.3 is 0 Å². The average Bonchev–Trinajstić information content (AvgIpc) is 3.27. The number of oxazole rings is 1. The number of carbonyl (C=O) groups excluding carboxylic acids is 1. The molecule has 2 aromatic rings. The first-order valence-electron chi connectivity index (χ1n) is 8.22. The zero-order chi connectivity index (χ0) is 16.9. The molecule has 0 unspecified atom stereocenters. The first kappa shape index (κ1) is 16.7. The maximum absolute atomic E-state index is 12.1. The van der Waals surface area contributed by atoms with Crippen molar-refractivity contribution in [2.75, 3.05) is 19.6 Å². The van der Waals surface area contributed by atoms with Gasteiger partial charge in [-0.3, -0.25) is 9.69 Å². The monoisotopic (exact) mass is 333 g/mol. The van der Waals surface area contributed by atoms with Gasteiger partial charge in [0, 0.05) is 38.6 Å². The van der Waals surface area contributed by atoms with E-state index in [2.05, 4.69) is 20.2 Å².